The highest BCUT2D eigenvalue weighted by Gasteiger charge is 2.36. The number of thioether (sulfide) groups is 2. The van der Waals surface area contributed by atoms with Crippen LogP contribution in [0.1, 0.15) is 80.6 Å². The Bertz CT molecular complexity index is 784. The monoisotopic (exact) mass is 559 g/mol. The van der Waals surface area contributed by atoms with Crippen molar-refractivity contribution in [2.24, 2.45) is 11.1 Å². The lowest BCUT2D eigenvalue weighted by molar-refractivity contribution is -0.133. The molecule has 0 aromatic carbocycles. The van der Waals surface area contributed by atoms with Gasteiger partial charge in [0.05, 0.1) is 23.4 Å². The average Bonchev–Trinajstić information content (AvgIpc) is 2.79. The number of nitrogens with two attached hydrogens (primary N) is 1. The van der Waals surface area contributed by atoms with Gasteiger partial charge in [0.2, 0.25) is 5.91 Å². The van der Waals surface area contributed by atoms with Gasteiger partial charge in [-0.25, -0.2) is 0 Å². The summed E-state index contributed by atoms with van der Waals surface area (Å²) in [5.74, 6) is 0.837. The fraction of sp³-hybridized carbons (Fsp3) is 0.880. The van der Waals surface area contributed by atoms with E-state index >= 15 is 0 Å². The molecule has 0 saturated heterocycles. The van der Waals surface area contributed by atoms with E-state index in [9.17, 15) is 14.4 Å². The maximum atomic E-state index is 13.1. The van der Waals surface area contributed by atoms with Crippen molar-refractivity contribution in [2.75, 3.05) is 18.1 Å². The zero-order valence-corrected chi connectivity index (χ0v) is 25.9. The summed E-state index contributed by atoms with van der Waals surface area (Å²) in [5.41, 5.74) is 4.05. The van der Waals surface area contributed by atoms with Crippen LogP contribution >= 0.6 is 23.5 Å². The summed E-state index contributed by atoms with van der Waals surface area (Å²) in [5, 5.41) is 6.96. The number of nitrogens with one attached hydrogen (secondary N) is 2. The van der Waals surface area contributed by atoms with E-state index in [2.05, 4.69) is 10.6 Å². The van der Waals surface area contributed by atoms with Crippen LogP contribution in [0.4, 0.5) is 0 Å². The number of hydrogen-bond acceptors (Lipinski definition) is 8. The van der Waals surface area contributed by atoms with E-state index in [0.717, 1.165) is 40.0 Å². The van der Waals surface area contributed by atoms with Gasteiger partial charge in [-0.05, 0) is 53.4 Å². The Labute approximate surface area is 243 Å². The third-order valence-corrected chi connectivity index (χ3v) is 9.76. The quantitative estimate of drug-likeness (QED) is 0.162. The van der Waals surface area contributed by atoms with Crippen molar-refractivity contribution in [2.45, 2.75) is 114 Å². The highest BCUT2D eigenvalue weighted by atomic mass is 32.2. The van der Waals surface area contributed by atoms with Gasteiger partial charge >= 0.3 is 0 Å². The topological polar surface area (TPSA) is 111 Å². The smallest absolute Gasteiger partial charge is 0.226 e. The second kappa shape index (κ2) is 16.2. The molecule has 13 heteroatoms. The highest BCUT2D eigenvalue weighted by molar-refractivity contribution is 8.04. The summed E-state index contributed by atoms with van der Waals surface area (Å²) in [6.07, 6.45) is 4.18. The third-order valence-electron chi connectivity index (χ3n) is 6.55. The first-order valence-electron chi connectivity index (χ1n) is 13.5. The summed E-state index contributed by atoms with van der Waals surface area (Å²) in [7, 11) is 13.2. The molecule has 0 bridgehead atoms. The van der Waals surface area contributed by atoms with Crippen LogP contribution in [0.15, 0.2) is 0 Å². The van der Waals surface area contributed by atoms with Crippen LogP contribution in [-0.2, 0) is 19.1 Å². The van der Waals surface area contributed by atoms with Crippen LogP contribution in [0.25, 0.3) is 0 Å². The van der Waals surface area contributed by atoms with Crippen molar-refractivity contribution in [3.8, 4) is 0 Å². The Hall–Kier alpha value is -0.350. The Morgan fingerprint density at radius 3 is 1.89 bits per heavy atom. The van der Waals surface area contributed by atoms with Crippen molar-refractivity contribution >= 4 is 70.6 Å². The van der Waals surface area contributed by atoms with Gasteiger partial charge in [0.1, 0.15) is 20.1 Å². The molecule has 4 N–H and O–H groups in total. The molecule has 0 aliphatic heterocycles. The lowest BCUT2D eigenvalue weighted by Gasteiger charge is -2.38. The predicted molar refractivity (Wildman–Crippen MR) is 165 cm³/mol. The Morgan fingerprint density at radius 1 is 0.947 bits per heavy atom. The molecule has 0 heterocycles. The molecule has 38 heavy (non-hydrogen) atoms. The second-order valence-corrected chi connectivity index (χ2v) is 14.5. The Morgan fingerprint density at radius 2 is 1.45 bits per heavy atom. The summed E-state index contributed by atoms with van der Waals surface area (Å²) in [4.78, 5) is 37.9. The average molecular weight is 559 g/mol. The molecule has 6 radical (unpaired) electrons. The SMILES string of the molecule is [B][B]C(=O)C(CSC1CCC1SCC(NC(C)(C)C)C(=O)[B][B])NC(=O)C(C)(C)CCOC(C)(N)CCC. The largest absolute Gasteiger partial charge is 0.361 e. The zero-order chi connectivity index (χ0) is 29.1. The molecular formula is C25H45B4N3O4S2. The minimum atomic E-state index is -0.740. The lowest BCUT2D eigenvalue weighted by Crippen LogP contribution is -2.51. The molecule has 1 fully saturated rings. The number of ether oxygens (including phenoxy) is 1. The lowest BCUT2D eigenvalue weighted by atomic mass is 9.51. The molecule has 0 spiro atoms. The van der Waals surface area contributed by atoms with E-state index in [1.807, 2.05) is 48.5 Å². The van der Waals surface area contributed by atoms with E-state index < -0.39 is 17.2 Å². The van der Waals surface area contributed by atoms with Gasteiger partial charge in [-0.2, -0.15) is 23.5 Å². The van der Waals surface area contributed by atoms with E-state index in [4.69, 9.17) is 25.9 Å². The van der Waals surface area contributed by atoms with Gasteiger partial charge in [0.15, 0.2) is 0 Å². The normalized spacial score (nSPS) is 20.9. The van der Waals surface area contributed by atoms with Crippen LogP contribution in [-0.4, -0.2) is 99.0 Å². The fourth-order valence-electron chi connectivity index (χ4n) is 3.98. The minimum Gasteiger partial charge on any atom is -0.361 e. The van der Waals surface area contributed by atoms with Crippen molar-refractivity contribution in [1.29, 1.82) is 0 Å². The van der Waals surface area contributed by atoms with Crippen LogP contribution in [0.2, 0.25) is 0 Å². The van der Waals surface area contributed by atoms with Crippen LogP contribution in [0.3, 0.4) is 0 Å². The molecule has 0 aromatic rings. The molecule has 1 aliphatic rings. The highest BCUT2D eigenvalue weighted by Crippen LogP contribution is 2.40. The molecule has 5 atom stereocenters. The molecule has 1 saturated carbocycles. The van der Waals surface area contributed by atoms with E-state index in [1.165, 1.54) is 0 Å². The maximum Gasteiger partial charge on any atom is 0.226 e. The molecule has 1 amide bonds. The molecule has 7 nitrogen and oxygen atoms in total. The summed E-state index contributed by atoms with van der Waals surface area (Å²) in [6, 6.07) is -1.05. The maximum absolute atomic E-state index is 13.1. The third kappa shape index (κ3) is 12.9. The van der Waals surface area contributed by atoms with Gasteiger partial charge < -0.3 is 30.7 Å². The summed E-state index contributed by atoms with van der Waals surface area (Å²) in [6.45, 7) is 14.0. The number of amides is 1. The molecule has 1 aliphatic carbocycles. The Balaban J connectivity index is 2.64. The van der Waals surface area contributed by atoms with Crippen LogP contribution in [0, 0.1) is 5.41 Å². The van der Waals surface area contributed by atoms with Crippen molar-refractivity contribution in [1.82, 2.24) is 10.6 Å². The zero-order valence-electron chi connectivity index (χ0n) is 24.3. The number of hydrogen-bond donors (Lipinski definition) is 3. The van der Waals surface area contributed by atoms with Crippen molar-refractivity contribution in [3.63, 3.8) is 0 Å². The van der Waals surface area contributed by atoms with Crippen molar-refractivity contribution in [3.05, 3.63) is 0 Å². The summed E-state index contributed by atoms with van der Waals surface area (Å²) >= 11 is 3.42. The first-order chi connectivity index (χ1) is 17.5. The van der Waals surface area contributed by atoms with Crippen molar-refractivity contribution < 1.29 is 19.1 Å². The number of rotatable bonds is 19. The molecular weight excluding hydrogens is 514 g/mol. The van der Waals surface area contributed by atoms with Gasteiger partial charge in [-0.15, -0.1) is 0 Å². The standard InChI is InChI=1S/C25H45B4N3O4S2/c1-8-11-25(7,30)36-13-12-24(5,6)22(35)31-16(20(33)28-26)14-37-18-9-10-19(18)38-15-17(21(34)29-27)32-23(2,3)4/h16-19,32H,8-15,30H2,1-7H3,(H,31,35). The second-order valence-electron chi connectivity index (χ2n) is 12.0. The number of carbonyl (C=O) groups excluding carboxylic acids is 3. The molecule has 0 aromatic heterocycles. The van der Waals surface area contributed by atoms with Gasteiger partial charge in [0, 0.05) is 55.0 Å². The first kappa shape index (κ1) is 35.7. The number of carbonyl (C=O) groups is 3. The Kier molecular flexibility index (Phi) is 15.2. The summed E-state index contributed by atoms with van der Waals surface area (Å²) < 4.78 is 5.79. The molecule has 5 unspecified atom stereocenters. The van der Waals surface area contributed by atoms with Gasteiger partial charge in [-0.1, -0.05) is 27.2 Å². The predicted octanol–water partition coefficient (Wildman–Crippen LogP) is 1.76. The molecule has 1 rings (SSSR count). The van der Waals surface area contributed by atoms with E-state index in [0.29, 0.717) is 35.0 Å². The van der Waals surface area contributed by atoms with Gasteiger partial charge in [0.25, 0.3) is 0 Å². The van der Waals surface area contributed by atoms with E-state index in [-0.39, 0.29) is 28.9 Å². The van der Waals surface area contributed by atoms with Crippen LogP contribution in [0.5, 0.6) is 0 Å². The van der Waals surface area contributed by atoms with E-state index in [1.54, 1.807) is 23.5 Å². The van der Waals surface area contributed by atoms with Gasteiger partial charge in [-0.3, -0.25) is 4.79 Å². The molecule has 208 valence electrons. The fourth-order valence-corrected chi connectivity index (χ4v) is 7.13. The minimum absolute atomic E-state index is 0.114. The first-order valence-corrected chi connectivity index (χ1v) is 15.6. The van der Waals surface area contributed by atoms with Crippen LogP contribution < -0.4 is 16.4 Å².